The molecule has 0 heterocycles. The van der Waals surface area contributed by atoms with E-state index in [1.807, 2.05) is 12.1 Å². The fourth-order valence-corrected chi connectivity index (χ4v) is 1.46. The first kappa shape index (κ1) is 11.7. The van der Waals surface area contributed by atoms with Crippen LogP contribution in [0.25, 0.3) is 6.08 Å². The molecule has 4 heteroatoms. The number of halogens is 1. The first-order valence-corrected chi connectivity index (χ1v) is 5.16. The number of nitrogens with zero attached hydrogens (tertiary/aromatic N) is 1. The molecule has 0 aliphatic heterocycles. The van der Waals surface area contributed by atoms with E-state index in [-0.39, 0.29) is 10.6 Å². The Morgan fingerprint density at radius 3 is 2.87 bits per heavy atom. The summed E-state index contributed by atoms with van der Waals surface area (Å²) in [4.78, 5) is 10.5. The van der Waals surface area contributed by atoms with Gasteiger partial charge in [0.25, 0.3) is 5.69 Å². The number of allylic oxidation sites excluding steroid dienone is 1. The Balaban J connectivity index is 3.06. The lowest BCUT2D eigenvalue weighted by Gasteiger charge is -2.00. The van der Waals surface area contributed by atoms with Crippen LogP contribution in [0.1, 0.15) is 17.5 Å². The number of para-hydroxylation sites is 1. The van der Waals surface area contributed by atoms with Gasteiger partial charge in [-0.3, -0.25) is 10.1 Å². The topological polar surface area (TPSA) is 43.1 Å². The first-order chi connectivity index (χ1) is 7.16. The molecule has 0 amide bonds. The molecule has 80 valence electrons. The molecule has 0 spiro atoms. The average Bonchev–Trinajstić information content (AvgIpc) is 2.17. The molecule has 0 aliphatic rings. The van der Waals surface area contributed by atoms with Gasteiger partial charge in [-0.05, 0) is 19.4 Å². The van der Waals surface area contributed by atoms with E-state index in [9.17, 15) is 10.1 Å². The Morgan fingerprint density at radius 1 is 1.53 bits per heavy atom. The van der Waals surface area contributed by atoms with E-state index in [1.54, 1.807) is 25.1 Å². The van der Waals surface area contributed by atoms with Gasteiger partial charge >= 0.3 is 0 Å². The summed E-state index contributed by atoms with van der Waals surface area (Å²) in [7, 11) is 0. The van der Waals surface area contributed by atoms with Crippen molar-refractivity contribution >= 4 is 23.4 Å². The van der Waals surface area contributed by atoms with Gasteiger partial charge in [0.1, 0.15) is 0 Å². The van der Waals surface area contributed by atoms with Crippen molar-refractivity contribution in [2.75, 3.05) is 5.88 Å². The number of rotatable bonds is 4. The predicted octanol–water partition coefficient (Wildman–Crippen LogP) is 3.55. The molecule has 3 nitrogen and oxygen atoms in total. The smallest absolute Gasteiger partial charge is 0.258 e. The maximum Gasteiger partial charge on any atom is 0.279 e. The molecule has 0 unspecified atom stereocenters. The summed E-state index contributed by atoms with van der Waals surface area (Å²) in [6.07, 6.45) is 4.30. The molecule has 0 radical (unpaired) electrons. The Bertz CT molecular complexity index is 388. The number of hydrogen-bond donors (Lipinski definition) is 0. The van der Waals surface area contributed by atoms with Crippen molar-refractivity contribution in [1.29, 1.82) is 0 Å². The minimum absolute atomic E-state index is 0.170. The zero-order valence-corrected chi connectivity index (χ0v) is 9.20. The van der Waals surface area contributed by atoms with Crippen LogP contribution in [-0.4, -0.2) is 10.8 Å². The number of benzene rings is 1. The summed E-state index contributed by atoms with van der Waals surface area (Å²) in [5, 5.41) is 10.8. The SMILES string of the molecule is Cc1cccc(C=CCCCl)c1[N+](=O)[O-]. The molecular weight excluding hydrogens is 214 g/mol. The molecule has 0 atom stereocenters. The van der Waals surface area contributed by atoms with Gasteiger partial charge in [-0.15, -0.1) is 11.6 Å². The van der Waals surface area contributed by atoms with Gasteiger partial charge in [-0.25, -0.2) is 0 Å². The molecule has 15 heavy (non-hydrogen) atoms. The fourth-order valence-electron chi connectivity index (χ4n) is 1.34. The number of nitro benzene ring substituents is 1. The van der Waals surface area contributed by atoms with Crippen molar-refractivity contribution < 1.29 is 4.92 Å². The highest BCUT2D eigenvalue weighted by atomic mass is 35.5. The normalized spacial score (nSPS) is 10.8. The van der Waals surface area contributed by atoms with Crippen LogP contribution in [-0.2, 0) is 0 Å². The average molecular weight is 226 g/mol. The third kappa shape index (κ3) is 3.06. The fraction of sp³-hybridized carbons (Fsp3) is 0.273. The predicted molar refractivity (Wildman–Crippen MR) is 62.2 cm³/mol. The molecule has 0 bridgehead atoms. The second-order valence-electron chi connectivity index (χ2n) is 3.15. The standard InChI is InChI=1S/C11H12ClNO2/c1-9-5-4-7-10(6-2-3-8-12)11(9)13(14)15/h2,4-7H,3,8H2,1H3. The molecule has 1 aromatic rings. The van der Waals surface area contributed by atoms with Crippen molar-refractivity contribution in [2.24, 2.45) is 0 Å². The Kier molecular flexibility index (Phi) is 4.31. The minimum Gasteiger partial charge on any atom is -0.258 e. The van der Waals surface area contributed by atoms with Crippen LogP contribution in [0.2, 0.25) is 0 Å². The van der Waals surface area contributed by atoms with Crippen molar-refractivity contribution in [3.8, 4) is 0 Å². The second kappa shape index (κ2) is 5.51. The van der Waals surface area contributed by atoms with E-state index in [4.69, 9.17) is 11.6 Å². The van der Waals surface area contributed by atoms with Crippen molar-refractivity contribution in [3.05, 3.63) is 45.5 Å². The van der Waals surface area contributed by atoms with E-state index in [0.717, 1.165) is 0 Å². The van der Waals surface area contributed by atoms with Crippen LogP contribution in [0.3, 0.4) is 0 Å². The Morgan fingerprint density at radius 2 is 2.27 bits per heavy atom. The van der Waals surface area contributed by atoms with E-state index >= 15 is 0 Å². The molecule has 0 saturated carbocycles. The summed E-state index contributed by atoms with van der Waals surface area (Å²) in [5.74, 6) is 0.524. The number of nitro groups is 1. The third-order valence-electron chi connectivity index (χ3n) is 2.02. The molecule has 0 saturated heterocycles. The summed E-state index contributed by atoms with van der Waals surface area (Å²) >= 11 is 5.52. The molecule has 0 aliphatic carbocycles. The van der Waals surface area contributed by atoms with Crippen LogP contribution in [0.5, 0.6) is 0 Å². The zero-order valence-electron chi connectivity index (χ0n) is 8.44. The molecule has 0 N–H and O–H groups in total. The molecule has 1 rings (SSSR count). The first-order valence-electron chi connectivity index (χ1n) is 4.63. The molecule has 0 aromatic heterocycles. The van der Waals surface area contributed by atoms with Crippen LogP contribution in [0.15, 0.2) is 24.3 Å². The van der Waals surface area contributed by atoms with Gasteiger partial charge in [-0.1, -0.05) is 24.3 Å². The van der Waals surface area contributed by atoms with Crippen LogP contribution >= 0.6 is 11.6 Å². The highest BCUT2D eigenvalue weighted by Crippen LogP contribution is 2.24. The van der Waals surface area contributed by atoms with Crippen molar-refractivity contribution in [2.45, 2.75) is 13.3 Å². The number of aryl methyl sites for hydroxylation is 1. The minimum atomic E-state index is -0.351. The van der Waals surface area contributed by atoms with Gasteiger partial charge in [0.2, 0.25) is 0 Å². The lowest BCUT2D eigenvalue weighted by molar-refractivity contribution is -0.385. The van der Waals surface area contributed by atoms with Crippen molar-refractivity contribution in [1.82, 2.24) is 0 Å². The summed E-state index contributed by atoms with van der Waals surface area (Å²) in [6.45, 7) is 1.73. The lowest BCUT2D eigenvalue weighted by Crippen LogP contribution is -1.94. The number of alkyl halides is 1. The lowest BCUT2D eigenvalue weighted by atomic mass is 10.1. The summed E-state index contributed by atoms with van der Waals surface area (Å²) < 4.78 is 0. The highest BCUT2D eigenvalue weighted by molar-refractivity contribution is 6.17. The molecule has 0 fully saturated rings. The maximum absolute atomic E-state index is 10.8. The van der Waals surface area contributed by atoms with Crippen LogP contribution in [0, 0.1) is 17.0 Å². The zero-order chi connectivity index (χ0) is 11.3. The van der Waals surface area contributed by atoms with Gasteiger partial charge < -0.3 is 0 Å². The Labute approximate surface area is 93.5 Å². The summed E-state index contributed by atoms with van der Waals surface area (Å²) in [6, 6.07) is 5.27. The van der Waals surface area contributed by atoms with Gasteiger partial charge in [0.05, 0.1) is 10.5 Å². The molecular formula is C11H12ClNO2. The second-order valence-corrected chi connectivity index (χ2v) is 3.53. The maximum atomic E-state index is 10.8. The monoisotopic (exact) mass is 225 g/mol. The van der Waals surface area contributed by atoms with E-state index in [0.29, 0.717) is 23.4 Å². The van der Waals surface area contributed by atoms with Crippen LogP contribution < -0.4 is 0 Å². The van der Waals surface area contributed by atoms with E-state index in [2.05, 4.69) is 0 Å². The van der Waals surface area contributed by atoms with Gasteiger partial charge in [-0.2, -0.15) is 0 Å². The van der Waals surface area contributed by atoms with Gasteiger partial charge in [0.15, 0.2) is 0 Å². The summed E-state index contributed by atoms with van der Waals surface area (Å²) in [5.41, 5.74) is 1.47. The third-order valence-corrected chi connectivity index (χ3v) is 2.24. The molecule has 1 aromatic carbocycles. The van der Waals surface area contributed by atoms with E-state index < -0.39 is 0 Å². The van der Waals surface area contributed by atoms with E-state index in [1.165, 1.54) is 0 Å². The Hall–Kier alpha value is -1.35. The largest absolute Gasteiger partial charge is 0.279 e. The van der Waals surface area contributed by atoms with Gasteiger partial charge in [0, 0.05) is 11.4 Å². The highest BCUT2D eigenvalue weighted by Gasteiger charge is 2.13. The number of hydrogen-bond acceptors (Lipinski definition) is 2. The van der Waals surface area contributed by atoms with Crippen LogP contribution in [0.4, 0.5) is 5.69 Å². The van der Waals surface area contributed by atoms with Crippen molar-refractivity contribution in [3.63, 3.8) is 0 Å². The quantitative estimate of drug-likeness (QED) is 0.447.